The van der Waals surface area contributed by atoms with Crippen LogP contribution in [0.2, 0.25) is 0 Å². The fraction of sp³-hybridized carbons (Fsp3) is 0.444. The number of aryl methyl sites for hydroxylation is 2. The fourth-order valence-electron chi connectivity index (χ4n) is 2.68. The minimum Gasteiger partial charge on any atom is -0.306 e. The Labute approximate surface area is 132 Å². The van der Waals surface area contributed by atoms with Crippen molar-refractivity contribution in [3.05, 3.63) is 56.8 Å². The van der Waals surface area contributed by atoms with Crippen molar-refractivity contribution in [3.63, 3.8) is 0 Å². The Balaban J connectivity index is 2.04. The third kappa shape index (κ3) is 4.40. The summed E-state index contributed by atoms with van der Waals surface area (Å²) in [5.74, 6) is 0. The first kappa shape index (κ1) is 16.2. The zero-order valence-corrected chi connectivity index (χ0v) is 14.6. The number of hydrogen-bond donors (Lipinski definition) is 1. The van der Waals surface area contributed by atoms with Gasteiger partial charge in [-0.05, 0) is 57.6 Å². The van der Waals surface area contributed by atoms with Crippen molar-refractivity contribution >= 4 is 11.3 Å². The molecule has 1 atom stereocenters. The molecule has 2 rings (SSSR count). The molecular formula is C18H26N2S. The van der Waals surface area contributed by atoms with Crippen LogP contribution in [0.15, 0.2) is 30.3 Å². The predicted octanol–water partition coefficient (Wildman–Crippen LogP) is 4.28. The van der Waals surface area contributed by atoms with Gasteiger partial charge in [0.25, 0.3) is 0 Å². The van der Waals surface area contributed by atoms with E-state index in [0.29, 0.717) is 6.04 Å². The van der Waals surface area contributed by atoms with Crippen molar-refractivity contribution in [1.82, 2.24) is 10.2 Å². The highest BCUT2D eigenvalue weighted by atomic mass is 32.1. The molecule has 1 aromatic heterocycles. The van der Waals surface area contributed by atoms with Crippen molar-refractivity contribution in [2.75, 3.05) is 14.1 Å². The average Bonchev–Trinajstić information content (AvgIpc) is 2.76. The molecule has 1 N–H and O–H groups in total. The third-order valence-electron chi connectivity index (χ3n) is 3.75. The van der Waals surface area contributed by atoms with Gasteiger partial charge in [0.15, 0.2) is 0 Å². The Bertz CT molecular complexity index is 587. The van der Waals surface area contributed by atoms with Crippen LogP contribution in [0.4, 0.5) is 0 Å². The summed E-state index contributed by atoms with van der Waals surface area (Å²) in [5, 5.41) is 3.67. The summed E-state index contributed by atoms with van der Waals surface area (Å²) in [6.45, 7) is 8.55. The average molecular weight is 302 g/mol. The Morgan fingerprint density at radius 2 is 1.81 bits per heavy atom. The van der Waals surface area contributed by atoms with Crippen LogP contribution in [-0.2, 0) is 13.1 Å². The van der Waals surface area contributed by atoms with E-state index in [0.717, 1.165) is 13.1 Å². The molecule has 1 aromatic carbocycles. The van der Waals surface area contributed by atoms with Crippen LogP contribution in [-0.4, -0.2) is 19.0 Å². The molecule has 2 nitrogen and oxygen atoms in total. The number of hydrogen-bond acceptors (Lipinski definition) is 3. The fourth-order valence-corrected chi connectivity index (χ4v) is 3.70. The maximum absolute atomic E-state index is 3.67. The molecule has 0 saturated carbocycles. The first-order valence-electron chi connectivity index (χ1n) is 7.49. The van der Waals surface area contributed by atoms with Crippen molar-refractivity contribution in [1.29, 1.82) is 0 Å². The topological polar surface area (TPSA) is 15.3 Å². The van der Waals surface area contributed by atoms with Crippen LogP contribution in [0.25, 0.3) is 0 Å². The van der Waals surface area contributed by atoms with Crippen LogP contribution in [0.1, 0.15) is 39.4 Å². The van der Waals surface area contributed by atoms with Gasteiger partial charge in [-0.15, -0.1) is 11.3 Å². The van der Waals surface area contributed by atoms with Gasteiger partial charge in [0.05, 0.1) is 0 Å². The molecule has 0 saturated heterocycles. The second kappa shape index (κ2) is 7.21. The summed E-state index contributed by atoms with van der Waals surface area (Å²) in [6.07, 6.45) is 0. The van der Waals surface area contributed by atoms with E-state index in [1.54, 1.807) is 0 Å². The van der Waals surface area contributed by atoms with Crippen LogP contribution in [0.3, 0.4) is 0 Å². The zero-order chi connectivity index (χ0) is 15.4. The van der Waals surface area contributed by atoms with Crippen LogP contribution < -0.4 is 5.32 Å². The lowest BCUT2D eigenvalue weighted by Crippen LogP contribution is -2.20. The van der Waals surface area contributed by atoms with Gasteiger partial charge in [-0.25, -0.2) is 0 Å². The van der Waals surface area contributed by atoms with Gasteiger partial charge in [0.1, 0.15) is 0 Å². The lowest BCUT2D eigenvalue weighted by atomic mass is 10.1. The van der Waals surface area contributed by atoms with Crippen molar-refractivity contribution in [2.45, 2.75) is 39.9 Å². The highest BCUT2D eigenvalue weighted by Crippen LogP contribution is 2.26. The van der Waals surface area contributed by atoms with E-state index in [-0.39, 0.29) is 0 Å². The predicted molar refractivity (Wildman–Crippen MR) is 92.9 cm³/mol. The van der Waals surface area contributed by atoms with Crippen molar-refractivity contribution in [3.8, 4) is 0 Å². The molecule has 0 bridgehead atoms. The van der Waals surface area contributed by atoms with Gasteiger partial charge in [-0.2, -0.15) is 0 Å². The molecule has 3 heteroatoms. The molecule has 114 valence electrons. The highest BCUT2D eigenvalue weighted by Gasteiger charge is 2.11. The SMILES string of the molecule is Cc1cc(C(C)NCc2ccccc2CN(C)C)c(C)s1. The quantitative estimate of drug-likeness (QED) is 0.857. The molecule has 0 spiro atoms. The molecular weight excluding hydrogens is 276 g/mol. The smallest absolute Gasteiger partial charge is 0.0305 e. The molecule has 0 radical (unpaired) electrons. The molecule has 1 heterocycles. The molecule has 0 fully saturated rings. The van der Waals surface area contributed by atoms with Gasteiger partial charge in [-0.3, -0.25) is 0 Å². The summed E-state index contributed by atoms with van der Waals surface area (Å²) in [5.41, 5.74) is 4.23. The number of nitrogens with zero attached hydrogens (tertiary/aromatic N) is 1. The highest BCUT2D eigenvalue weighted by molar-refractivity contribution is 7.12. The maximum atomic E-state index is 3.67. The van der Waals surface area contributed by atoms with Gasteiger partial charge in [-0.1, -0.05) is 24.3 Å². The molecule has 1 unspecified atom stereocenters. The van der Waals surface area contributed by atoms with Crippen LogP contribution in [0, 0.1) is 13.8 Å². The maximum Gasteiger partial charge on any atom is 0.0305 e. The van der Waals surface area contributed by atoms with Crippen molar-refractivity contribution in [2.24, 2.45) is 0 Å². The van der Waals surface area contributed by atoms with E-state index in [1.807, 2.05) is 11.3 Å². The lowest BCUT2D eigenvalue weighted by Gasteiger charge is -2.18. The number of rotatable bonds is 6. The summed E-state index contributed by atoms with van der Waals surface area (Å²) >= 11 is 1.88. The second-order valence-electron chi connectivity index (χ2n) is 5.98. The summed E-state index contributed by atoms with van der Waals surface area (Å²) < 4.78 is 0. The van der Waals surface area contributed by atoms with Gasteiger partial charge in [0, 0.05) is 28.9 Å². The van der Waals surface area contributed by atoms with E-state index in [4.69, 9.17) is 0 Å². The van der Waals surface area contributed by atoms with E-state index in [2.05, 4.69) is 75.4 Å². The molecule has 0 aliphatic carbocycles. The number of nitrogens with one attached hydrogen (secondary N) is 1. The van der Waals surface area contributed by atoms with Crippen LogP contribution in [0.5, 0.6) is 0 Å². The molecule has 0 amide bonds. The van der Waals surface area contributed by atoms with Gasteiger partial charge in [0.2, 0.25) is 0 Å². The first-order valence-corrected chi connectivity index (χ1v) is 8.31. The number of thiophene rings is 1. The summed E-state index contributed by atoms with van der Waals surface area (Å²) in [4.78, 5) is 5.03. The lowest BCUT2D eigenvalue weighted by molar-refractivity contribution is 0.400. The summed E-state index contributed by atoms with van der Waals surface area (Å²) in [6, 6.07) is 11.4. The largest absolute Gasteiger partial charge is 0.306 e. The molecule has 0 aliphatic heterocycles. The molecule has 0 aliphatic rings. The van der Waals surface area contributed by atoms with Gasteiger partial charge >= 0.3 is 0 Å². The third-order valence-corrected chi connectivity index (χ3v) is 4.73. The second-order valence-corrected chi connectivity index (χ2v) is 7.44. The van der Waals surface area contributed by atoms with E-state index in [9.17, 15) is 0 Å². The van der Waals surface area contributed by atoms with Gasteiger partial charge < -0.3 is 10.2 Å². The minimum absolute atomic E-state index is 0.391. The van der Waals surface area contributed by atoms with Crippen molar-refractivity contribution < 1.29 is 0 Å². The molecule has 2 aromatic rings. The standard InChI is InChI=1S/C18H26N2S/c1-13-10-18(15(3)21-13)14(2)19-11-16-8-6-7-9-17(16)12-20(4)5/h6-10,14,19H,11-12H2,1-5H3. The molecule has 21 heavy (non-hydrogen) atoms. The first-order chi connectivity index (χ1) is 9.97. The van der Waals surface area contributed by atoms with E-state index < -0.39 is 0 Å². The van der Waals surface area contributed by atoms with Crippen LogP contribution >= 0.6 is 11.3 Å². The number of benzene rings is 1. The Kier molecular flexibility index (Phi) is 5.57. The van der Waals surface area contributed by atoms with E-state index in [1.165, 1.54) is 26.4 Å². The zero-order valence-electron chi connectivity index (χ0n) is 13.7. The normalized spacial score (nSPS) is 12.9. The monoisotopic (exact) mass is 302 g/mol. The summed E-state index contributed by atoms with van der Waals surface area (Å²) in [7, 11) is 4.23. The Morgan fingerprint density at radius 3 is 2.38 bits per heavy atom. The minimum atomic E-state index is 0.391. The Hall–Kier alpha value is -1.16. The van der Waals surface area contributed by atoms with E-state index >= 15 is 0 Å². The Morgan fingerprint density at radius 1 is 1.14 bits per heavy atom.